The van der Waals surface area contributed by atoms with Gasteiger partial charge in [-0.15, -0.1) is 0 Å². The minimum absolute atomic E-state index is 0.0709. The predicted molar refractivity (Wildman–Crippen MR) is 94.5 cm³/mol. The summed E-state index contributed by atoms with van der Waals surface area (Å²) in [7, 11) is 4.18. The van der Waals surface area contributed by atoms with Gasteiger partial charge in [0.1, 0.15) is 5.60 Å². The van der Waals surface area contributed by atoms with Crippen LogP contribution in [0.3, 0.4) is 0 Å². The summed E-state index contributed by atoms with van der Waals surface area (Å²) < 4.78 is 6.19. The molecule has 3 unspecified atom stereocenters. The van der Waals surface area contributed by atoms with Crippen LogP contribution in [0.2, 0.25) is 0 Å². The second kappa shape index (κ2) is 7.96. The second-order valence-electron chi connectivity index (χ2n) is 7.15. The summed E-state index contributed by atoms with van der Waals surface area (Å²) in [5, 5.41) is 0. The molecule has 0 aliphatic heterocycles. The van der Waals surface area contributed by atoms with Crippen LogP contribution in [0.15, 0.2) is 30.3 Å². The molecule has 3 nitrogen and oxygen atoms in total. The van der Waals surface area contributed by atoms with E-state index in [0.29, 0.717) is 18.3 Å². The van der Waals surface area contributed by atoms with Gasteiger partial charge >= 0.3 is 5.97 Å². The number of benzene rings is 1. The smallest absolute Gasteiger partial charge is 0.306 e. The molecule has 0 bridgehead atoms. The van der Waals surface area contributed by atoms with Crippen molar-refractivity contribution >= 4 is 5.97 Å². The third-order valence-electron chi connectivity index (χ3n) is 5.17. The number of nitrogens with zero attached hydrogens (tertiary/aromatic N) is 1. The highest BCUT2D eigenvalue weighted by Crippen LogP contribution is 2.48. The topological polar surface area (TPSA) is 29.5 Å². The zero-order valence-electron chi connectivity index (χ0n) is 15.0. The van der Waals surface area contributed by atoms with Crippen LogP contribution in [0.25, 0.3) is 0 Å². The molecule has 0 spiro atoms. The number of hydrogen-bond acceptors (Lipinski definition) is 3. The molecule has 0 radical (unpaired) electrons. The number of esters is 1. The maximum atomic E-state index is 12.2. The van der Waals surface area contributed by atoms with Gasteiger partial charge in [-0.1, -0.05) is 50.6 Å². The van der Waals surface area contributed by atoms with Gasteiger partial charge in [0, 0.05) is 24.8 Å². The number of carbonyl (C=O) groups is 1. The van der Waals surface area contributed by atoms with Crippen LogP contribution in [0.1, 0.15) is 57.4 Å². The molecule has 0 aromatic heterocycles. The fraction of sp³-hybridized carbons (Fsp3) is 0.650. The Morgan fingerprint density at radius 3 is 2.61 bits per heavy atom. The fourth-order valence-corrected chi connectivity index (χ4v) is 4.10. The summed E-state index contributed by atoms with van der Waals surface area (Å²) in [6.45, 7) is 5.05. The van der Waals surface area contributed by atoms with E-state index >= 15 is 0 Å². The summed E-state index contributed by atoms with van der Waals surface area (Å²) in [4.78, 5) is 14.4. The maximum absolute atomic E-state index is 12.2. The molecular weight excluding hydrogens is 286 g/mol. The summed E-state index contributed by atoms with van der Waals surface area (Å²) >= 11 is 0. The van der Waals surface area contributed by atoms with E-state index in [0.717, 1.165) is 25.8 Å². The van der Waals surface area contributed by atoms with E-state index in [9.17, 15) is 4.79 Å². The number of hydrogen-bond donors (Lipinski definition) is 0. The van der Waals surface area contributed by atoms with Crippen LogP contribution < -0.4 is 0 Å². The average Bonchev–Trinajstić information content (AvgIpc) is 2.55. The van der Waals surface area contributed by atoms with Crippen molar-refractivity contribution in [2.75, 3.05) is 20.6 Å². The highest BCUT2D eigenvalue weighted by atomic mass is 16.6. The summed E-state index contributed by atoms with van der Waals surface area (Å²) in [5.74, 6) is 0.528. The van der Waals surface area contributed by atoms with Gasteiger partial charge in [-0.2, -0.15) is 0 Å². The van der Waals surface area contributed by atoms with Crippen molar-refractivity contribution < 1.29 is 9.53 Å². The third-order valence-corrected chi connectivity index (χ3v) is 5.17. The molecule has 1 fully saturated rings. The quantitative estimate of drug-likeness (QED) is 0.735. The molecule has 3 heteroatoms. The Labute approximate surface area is 141 Å². The molecule has 0 heterocycles. The Kier molecular flexibility index (Phi) is 6.23. The van der Waals surface area contributed by atoms with Crippen LogP contribution in [0.5, 0.6) is 0 Å². The molecule has 1 aromatic rings. The van der Waals surface area contributed by atoms with E-state index in [1.807, 2.05) is 6.92 Å². The first kappa shape index (κ1) is 18.0. The van der Waals surface area contributed by atoms with Gasteiger partial charge in [-0.3, -0.25) is 4.79 Å². The Morgan fingerprint density at radius 1 is 1.30 bits per heavy atom. The Morgan fingerprint density at radius 2 is 2.00 bits per heavy atom. The first-order chi connectivity index (χ1) is 11.0. The lowest BCUT2D eigenvalue weighted by Gasteiger charge is -2.48. The minimum atomic E-state index is -0.378. The highest BCUT2D eigenvalue weighted by molar-refractivity contribution is 5.69. The van der Waals surface area contributed by atoms with Crippen LogP contribution in [-0.2, 0) is 9.53 Å². The zero-order chi connectivity index (χ0) is 16.9. The van der Waals surface area contributed by atoms with Gasteiger partial charge in [-0.25, -0.2) is 0 Å². The molecule has 0 amide bonds. The van der Waals surface area contributed by atoms with Gasteiger partial charge in [-0.05, 0) is 38.9 Å². The number of carbonyl (C=O) groups excluding carboxylic acids is 1. The van der Waals surface area contributed by atoms with E-state index in [1.165, 1.54) is 12.0 Å². The van der Waals surface area contributed by atoms with E-state index < -0.39 is 0 Å². The molecule has 1 aliphatic rings. The van der Waals surface area contributed by atoms with Crippen molar-refractivity contribution in [2.45, 2.75) is 57.5 Å². The Hall–Kier alpha value is -1.35. The third kappa shape index (κ3) is 4.14. The lowest BCUT2D eigenvalue weighted by Crippen LogP contribution is -2.51. The first-order valence-corrected chi connectivity index (χ1v) is 8.91. The SMILES string of the molecule is CCC(=O)OC1(C(C)CN(C)C)CCCCC1c1ccccc1. The summed E-state index contributed by atoms with van der Waals surface area (Å²) in [5.41, 5.74) is 0.929. The zero-order valence-corrected chi connectivity index (χ0v) is 15.0. The largest absolute Gasteiger partial charge is 0.458 e. The maximum Gasteiger partial charge on any atom is 0.306 e. The van der Waals surface area contributed by atoms with E-state index in [4.69, 9.17) is 4.74 Å². The number of rotatable bonds is 6. The number of ether oxygens (including phenoxy) is 1. The molecular formula is C20H31NO2. The Bertz CT molecular complexity index is 500. The lowest BCUT2D eigenvalue weighted by atomic mass is 9.66. The molecule has 128 valence electrons. The summed E-state index contributed by atoms with van der Waals surface area (Å²) in [6, 6.07) is 10.6. The molecule has 0 N–H and O–H groups in total. The molecule has 23 heavy (non-hydrogen) atoms. The molecule has 3 atom stereocenters. The van der Waals surface area contributed by atoms with Crippen LogP contribution in [0.4, 0.5) is 0 Å². The van der Waals surface area contributed by atoms with E-state index in [2.05, 4.69) is 56.3 Å². The molecule has 1 aromatic carbocycles. The molecule has 1 saturated carbocycles. The van der Waals surface area contributed by atoms with Crippen molar-refractivity contribution in [3.8, 4) is 0 Å². The van der Waals surface area contributed by atoms with Gasteiger partial charge in [0.05, 0.1) is 0 Å². The highest BCUT2D eigenvalue weighted by Gasteiger charge is 2.48. The normalized spacial score (nSPS) is 26.0. The second-order valence-corrected chi connectivity index (χ2v) is 7.15. The van der Waals surface area contributed by atoms with Gasteiger partial charge in [0.15, 0.2) is 0 Å². The first-order valence-electron chi connectivity index (χ1n) is 8.91. The minimum Gasteiger partial charge on any atom is -0.458 e. The van der Waals surface area contributed by atoms with E-state index in [-0.39, 0.29) is 11.6 Å². The average molecular weight is 317 g/mol. The van der Waals surface area contributed by atoms with Gasteiger partial charge < -0.3 is 9.64 Å². The van der Waals surface area contributed by atoms with E-state index in [1.54, 1.807) is 0 Å². The predicted octanol–water partition coefficient (Wildman–Crippen LogP) is 4.23. The molecule has 1 aliphatic carbocycles. The molecule has 0 saturated heterocycles. The standard InChI is InChI=1S/C20H31NO2/c1-5-19(22)23-20(16(2)15-21(3)4)14-10-9-13-18(20)17-11-7-6-8-12-17/h6-8,11-12,16,18H,5,9-10,13-15H2,1-4H3. The van der Waals surface area contributed by atoms with Gasteiger partial charge in [0.25, 0.3) is 0 Å². The van der Waals surface area contributed by atoms with Crippen LogP contribution >= 0.6 is 0 Å². The van der Waals surface area contributed by atoms with Gasteiger partial charge in [0.2, 0.25) is 0 Å². The van der Waals surface area contributed by atoms with Crippen molar-refractivity contribution in [1.82, 2.24) is 4.90 Å². The van der Waals surface area contributed by atoms with Crippen LogP contribution in [0, 0.1) is 5.92 Å². The molecule has 2 rings (SSSR count). The van der Waals surface area contributed by atoms with Crippen molar-refractivity contribution in [3.63, 3.8) is 0 Å². The van der Waals surface area contributed by atoms with Crippen molar-refractivity contribution in [2.24, 2.45) is 5.92 Å². The monoisotopic (exact) mass is 317 g/mol. The summed E-state index contributed by atoms with van der Waals surface area (Å²) in [6.07, 6.45) is 4.85. The van der Waals surface area contributed by atoms with Crippen LogP contribution in [-0.4, -0.2) is 37.1 Å². The Balaban J connectivity index is 2.40. The van der Waals surface area contributed by atoms with Crippen molar-refractivity contribution in [3.05, 3.63) is 35.9 Å². The van der Waals surface area contributed by atoms with Crippen molar-refractivity contribution in [1.29, 1.82) is 0 Å². The lowest BCUT2D eigenvalue weighted by molar-refractivity contribution is -0.174. The fourth-order valence-electron chi connectivity index (χ4n) is 4.10.